The van der Waals surface area contributed by atoms with Gasteiger partial charge in [0.2, 0.25) is 11.8 Å². The Labute approximate surface area is 174 Å². The predicted octanol–water partition coefficient (Wildman–Crippen LogP) is 2.13. The van der Waals surface area contributed by atoms with Crippen molar-refractivity contribution >= 4 is 29.5 Å². The fraction of sp³-hybridized carbons (Fsp3) is 0.136. The van der Waals surface area contributed by atoms with Gasteiger partial charge in [0.05, 0.1) is 13.7 Å². The number of carbonyl (C=O) groups excluding carboxylic acids is 3. The van der Waals surface area contributed by atoms with Gasteiger partial charge in [0.1, 0.15) is 6.61 Å². The van der Waals surface area contributed by atoms with Gasteiger partial charge in [-0.2, -0.15) is 0 Å². The topological polar surface area (TPSA) is 120 Å². The van der Waals surface area contributed by atoms with Crippen molar-refractivity contribution in [2.45, 2.75) is 0 Å². The zero-order valence-corrected chi connectivity index (χ0v) is 16.5. The first kappa shape index (κ1) is 22.2. The summed E-state index contributed by atoms with van der Waals surface area (Å²) in [5.41, 5.74) is 6.47. The van der Waals surface area contributed by atoms with Crippen LogP contribution in [0, 0.1) is 0 Å². The van der Waals surface area contributed by atoms with Crippen LogP contribution in [0.15, 0.2) is 61.2 Å². The number of amides is 3. The normalized spacial score (nSPS) is 10.3. The lowest BCUT2D eigenvalue weighted by molar-refractivity contribution is -0.117. The largest absolute Gasteiger partial charge is 0.493 e. The smallest absolute Gasteiger partial charge is 0.251 e. The molecule has 0 radical (unpaired) electrons. The van der Waals surface area contributed by atoms with Crippen molar-refractivity contribution in [3.8, 4) is 11.5 Å². The third kappa shape index (κ3) is 6.83. The molecule has 30 heavy (non-hydrogen) atoms. The van der Waals surface area contributed by atoms with Gasteiger partial charge in [0.25, 0.3) is 5.91 Å². The van der Waals surface area contributed by atoms with Crippen LogP contribution in [-0.2, 0) is 9.59 Å². The number of nitrogens with one attached hydrogen (secondary N) is 2. The standard InChI is InChI=1S/C22H23N3O5/c1-3-11-30-18-9-7-15(12-19(18)29-2)8-10-21(27)25-17-6-4-5-16(13-17)22(28)24-14-20(23)26/h3-10,12-13H,1,11,14H2,2H3,(H2,23,26)(H,24,28)(H,25,27)/b10-8+. The molecule has 0 saturated carbocycles. The molecule has 0 aromatic heterocycles. The highest BCUT2D eigenvalue weighted by Crippen LogP contribution is 2.28. The highest BCUT2D eigenvalue weighted by atomic mass is 16.5. The lowest BCUT2D eigenvalue weighted by Crippen LogP contribution is -2.33. The molecule has 0 aliphatic rings. The molecule has 0 fully saturated rings. The van der Waals surface area contributed by atoms with Gasteiger partial charge < -0.3 is 25.8 Å². The number of rotatable bonds is 10. The van der Waals surface area contributed by atoms with E-state index in [4.69, 9.17) is 15.2 Å². The van der Waals surface area contributed by atoms with Gasteiger partial charge in [-0.1, -0.05) is 24.8 Å². The summed E-state index contributed by atoms with van der Waals surface area (Å²) in [4.78, 5) is 35.0. The number of nitrogens with two attached hydrogens (primary N) is 1. The van der Waals surface area contributed by atoms with Crippen LogP contribution in [-0.4, -0.2) is 38.0 Å². The molecule has 0 heterocycles. The van der Waals surface area contributed by atoms with Crippen molar-refractivity contribution < 1.29 is 23.9 Å². The van der Waals surface area contributed by atoms with Crippen molar-refractivity contribution in [2.24, 2.45) is 5.73 Å². The average molecular weight is 409 g/mol. The van der Waals surface area contributed by atoms with Gasteiger partial charge in [0, 0.05) is 17.3 Å². The summed E-state index contributed by atoms with van der Waals surface area (Å²) >= 11 is 0. The lowest BCUT2D eigenvalue weighted by atomic mass is 10.1. The maximum absolute atomic E-state index is 12.2. The van der Waals surface area contributed by atoms with Crippen molar-refractivity contribution in [3.63, 3.8) is 0 Å². The van der Waals surface area contributed by atoms with E-state index in [1.165, 1.54) is 19.3 Å². The van der Waals surface area contributed by atoms with E-state index >= 15 is 0 Å². The highest BCUT2D eigenvalue weighted by molar-refractivity contribution is 6.03. The molecule has 0 spiro atoms. The molecular weight excluding hydrogens is 386 g/mol. The van der Waals surface area contributed by atoms with Crippen LogP contribution in [0.5, 0.6) is 11.5 Å². The maximum atomic E-state index is 12.2. The second kappa shape index (κ2) is 11.1. The van der Waals surface area contributed by atoms with Crippen LogP contribution in [0.3, 0.4) is 0 Å². The van der Waals surface area contributed by atoms with Crippen molar-refractivity contribution in [1.82, 2.24) is 5.32 Å². The minimum Gasteiger partial charge on any atom is -0.493 e. The van der Waals surface area contributed by atoms with Gasteiger partial charge in [0.15, 0.2) is 11.5 Å². The zero-order chi connectivity index (χ0) is 21.9. The summed E-state index contributed by atoms with van der Waals surface area (Å²) in [5.74, 6) is -0.378. The molecule has 0 aliphatic carbocycles. The highest BCUT2D eigenvalue weighted by Gasteiger charge is 2.08. The molecule has 8 nitrogen and oxygen atoms in total. The van der Waals surface area contributed by atoms with Crippen LogP contribution in [0.4, 0.5) is 5.69 Å². The van der Waals surface area contributed by atoms with E-state index < -0.39 is 11.8 Å². The Morgan fingerprint density at radius 3 is 2.63 bits per heavy atom. The average Bonchev–Trinajstić information content (AvgIpc) is 2.74. The molecule has 0 unspecified atom stereocenters. The van der Waals surface area contributed by atoms with E-state index in [0.29, 0.717) is 23.8 Å². The SMILES string of the molecule is C=CCOc1ccc(/C=C/C(=O)Nc2cccc(C(=O)NCC(N)=O)c2)cc1OC. The van der Waals surface area contributed by atoms with Crippen LogP contribution in [0.1, 0.15) is 15.9 Å². The summed E-state index contributed by atoms with van der Waals surface area (Å²) in [6.07, 6.45) is 4.62. The van der Waals surface area contributed by atoms with E-state index in [1.54, 1.807) is 48.6 Å². The summed E-state index contributed by atoms with van der Waals surface area (Å²) in [6.45, 7) is 3.69. The molecule has 2 aromatic carbocycles. The Hall–Kier alpha value is -4.07. The summed E-state index contributed by atoms with van der Waals surface area (Å²) in [7, 11) is 1.53. The minimum atomic E-state index is -0.644. The summed E-state index contributed by atoms with van der Waals surface area (Å²) in [6, 6.07) is 11.6. The number of benzene rings is 2. The number of anilines is 1. The van der Waals surface area contributed by atoms with Crippen LogP contribution >= 0.6 is 0 Å². The molecule has 4 N–H and O–H groups in total. The summed E-state index contributed by atoms with van der Waals surface area (Å²) in [5, 5.41) is 5.06. The molecule has 0 bridgehead atoms. The van der Waals surface area contributed by atoms with Gasteiger partial charge in [-0.05, 0) is 42.0 Å². The Kier molecular flexibility index (Phi) is 8.19. The number of carbonyl (C=O) groups is 3. The molecule has 156 valence electrons. The Balaban J connectivity index is 2.02. The van der Waals surface area contributed by atoms with Crippen molar-refractivity contribution in [2.75, 3.05) is 25.6 Å². The van der Waals surface area contributed by atoms with E-state index in [1.807, 2.05) is 0 Å². The van der Waals surface area contributed by atoms with E-state index in [-0.39, 0.29) is 18.0 Å². The molecule has 0 atom stereocenters. The summed E-state index contributed by atoms with van der Waals surface area (Å²) < 4.78 is 10.8. The first-order chi connectivity index (χ1) is 14.4. The number of methoxy groups -OCH3 is 1. The predicted molar refractivity (Wildman–Crippen MR) is 114 cm³/mol. The fourth-order valence-electron chi connectivity index (χ4n) is 2.42. The first-order valence-corrected chi connectivity index (χ1v) is 9.00. The second-order valence-corrected chi connectivity index (χ2v) is 6.06. The Bertz CT molecular complexity index is 969. The molecule has 2 rings (SSSR count). The second-order valence-electron chi connectivity index (χ2n) is 6.06. The Morgan fingerprint density at radius 1 is 1.13 bits per heavy atom. The zero-order valence-electron chi connectivity index (χ0n) is 16.5. The fourth-order valence-corrected chi connectivity index (χ4v) is 2.42. The van der Waals surface area contributed by atoms with E-state index in [0.717, 1.165) is 5.56 Å². The minimum absolute atomic E-state index is 0.265. The van der Waals surface area contributed by atoms with Crippen molar-refractivity contribution in [1.29, 1.82) is 0 Å². The molecule has 2 aromatic rings. The van der Waals surface area contributed by atoms with Gasteiger partial charge in [-0.15, -0.1) is 0 Å². The molecule has 0 aliphatic heterocycles. The maximum Gasteiger partial charge on any atom is 0.251 e. The Morgan fingerprint density at radius 2 is 1.93 bits per heavy atom. The van der Waals surface area contributed by atoms with E-state index in [9.17, 15) is 14.4 Å². The van der Waals surface area contributed by atoms with Crippen LogP contribution in [0.2, 0.25) is 0 Å². The van der Waals surface area contributed by atoms with Gasteiger partial charge in [-0.25, -0.2) is 0 Å². The van der Waals surface area contributed by atoms with Gasteiger partial charge in [-0.3, -0.25) is 14.4 Å². The monoisotopic (exact) mass is 409 g/mol. The van der Waals surface area contributed by atoms with Crippen LogP contribution < -0.4 is 25.8 Å². The third-order valence-electron chi connectivity index (χ3n) is 3.79. The number of ether oxygens (including phenoxy) is 2. The first-order valence-electron chi connectivity index (χ1n) is 9.00. The number of primary amides is 1. The quantitative estimate of drug-likeness (QED) is 0.410. The third-order valence-corrected chi connectivity index (χ3v) is 3.79. The van der Waals surface area contributed by atoms with Gasteiger partial charge >= 0.3 is 0 Å². The number of hydrogen-bond acceptors (Lipinski definition) is 5. The van der Waals surface area contributed by atoms with Crippen LogP contribution in [0.25, 0.3) is 6.08 Å². The molecule has 3 amide bonds. The lowest BCUT2D eigenvalue weighted by Gasteiger charge is -2.09. The van der Waals surface area contributed by atoms with E-state index in [2.05, 4.69) is 17.2 Å². The van der Waals surface area contributed by atoms with Crippen molar-refractivity contribution in [3.05, 3.63) is 72.3 Å². The molecule has 8 heteroatoms. The number of hydrogen-bond donors (Lipinski definition) is 3. The molecular formula is C22H23N3O5. The molecule has 0 saturated heterocycles.